The molecule has 0 N–H and O–H groups in total. The molecule has 2 rings (SSSR count). The number of hydrogen-bond donors (Lipinski definition) is 0. The highest BCUT2D eigenvalue weighted by Crippen LogP contribution is 2.41. The van der Waals surface area contributed by atoms with Crippen LogP contribution in [0.4, 0.5) is 0 Å². The van der Waals surface area contributed by atoms with Crippen LogP contribution in [0.1, 0.15) is 36.1 Å². The van der Waals surface area contributed by atoms with Gasteiger partial charge in [-0.1, -0.05) is 12.1 Å². The standard InChI is InChI=1S/C24H30O6/c1-7-27-21(25)13-29-23-17(5)9-15(3)11-19(23)20-12-16(4)10-18(6)24(20)30-14-22(26)28-8-2/h9-12H,7-8,13-14H2,1-6H3. The van der Waals surface area contributed by atoms with Gasteiger partial charge in [-0.3, -0.25) is 0 Å². The van der Waals surface area contributed by atoms with Crippen LogP contribution in [0, 0.1) is 27.7 Å². The van der Waals surface area contributed by atoms with Crippen molar-refractivity contribution in [3.63, 3.8) is 0 Å². The zero-order valence-corrected chi connectivity index (χ0v) is 18.6. The van der Waals surface area contributed by atoms with Gasteiger partial charge in [0.15, 0.2) is 13.2 Å². The lowest BCUT2D eigenvalue weighted by molar-refractivity contribution is -0.146. The van der Waals surface area contributed by atoms with Crippen LogP contribution in [0.3, 0.4) is 0 Å². The topological polar surface area (TPSA) is 71.1 Å². The summed E-state index contributed by atoms with van der Waals surface area (Å²) in [5, 5.41) is 0. The van der Waals surface area contributed by atoms with Crippen molar-refractivity contribution >= 4 is 11.9 Å². The fourth-order valence-electron chi connectivity index (χ4n) is 3.36. The van der Waals surface area contributed by atoms with E-state index in [1.165, 1.54) is 0 Å². The number of esters is 2. The zero-order valence-electron chi connectivity index (χ0n) is 18.6. The maximum Gasteiger partial charge on any atom is 0.344 e. The lowest BCUT2D eigenvalue weighted by atomic mass is 9.95. The Balaban J connectivity index is 2.51. The van der Waals surface area contributed by atoms with Crippen molar-refractivity contribution < 1.29 is 28.5 Å². The van der Waals surface area contributed by atoms with Crippen LogP contribution in [0.2, 0.25) is 0 Å². The average Bonchev–Trinajstić information content (AvgIpc) is 2.66. The molecule has 0 amide bonds. The molecule has 0 saturated heterocycles. The summed E-state index contributed by atoms with van der Waals surface area (Å²) in [5.41, 5.74) is 5.46. The van der Waals surface area contributed by atoms with Gasteiger partial charge in [0.05, 0.1) is 13.2 Å². The molecular weight excluding hydrogens is 384 g/mol. The number of aryl methyl sites for hydroxylation is 4. The summed E-state index contributed by atoms with van der Waals surface area (Å²) in [4.78, 5) is 23.7. The Bertz CT molecular complexity index is 841. The molecule has 0 fully saturated rings. The molecule has 0 spiro atoms. The minimum atomic E-state index is -0.428. The molecule has 2 aromatic carbocycles. The van der Waals surface area contributed by atoms with Crippen molar-refractivity contribution in [2.24, 2.45) is 0 Å². The van der Waals surface area contributed by atoms with Crippen LogP contribution in [0.5, 0.6) is 11.5 Å². The summed E-state index contributed by atoms with van der Waals surface area (Å²) in [6, 6.07) is 7.95. The normalized spacial score (nSPS) is 10.5. The summed E-state index contributed by atoms with van der Waals surface area (Å²) in [6.45, 7) is 11.6. The first-order valence-electron chi connectivity index (χ1n) is 10.1. The number of rotatable bonds is 9. The summed E-state index contributed by atoms with van der Waals surface area (Å²) in [5.74, 6) is 0.310. The number of benzene rings is 2. The smallest absolute Gasteiger partial charge is 0.344 e. The molecule has 0 aliphatic rings. The maximum atomic E-state index is 11.8. The molecule has 0 aliphatic heterocycles. The van der Waals surface area contributed by atoms with E-state index in [0.29, 0.717) is 24.7 Å². The molecule has 0 saturated carbocycles. The van der Waals surface area contributed by atoms with Gasteiger partial charge < -0.3 is 18.9 Å². The largest absolute Gasteiger partial charge is 0.481 e. The molecule has 6 nitrogen and oxygen atoms in total. The van der Waals surface area contributed by atoms with E-state index in [0.717, 1.165) is 33.4 Å². The molecule has 0 bridgehead atoms. The SMILES string of the molecule is CCOC(=O)COc1c(C)cc(C)cc1-c1cc(C)cc(C)c1OCC(=O)OCC. The molecule has 6 heteroatoms. The van der Waals surface area contributed by atoms with Gasteiger partial charge in [0, 0.05) is 11.1 Å². The summed E-state index contributed by atoms with van der Waals surface area (Å²) in [6.07, 6.45) is 0. The van der Waals surface area contributed by atoms with Crippen LogP contribution in [-0.4, -0.2) is 38.4 Å². The van der Waals surface area contributed by atoms with Crippen molar-refractivity contribution in [3.05, 3.63) is 46.5 Å². The highest BCUT2D eigenvalue weighted by molar-refractivity contribution is 5.81. The predicted octanol–water partition coefficient (Wildman–Crippen LogP) is 4.47. The molecule has 0 unspecified atom stereocenters. The maximum absolute atomic E-state index is 11.8. The van der Waals surface area contributed by atoms with Crippen molar-refractivity contribution in [2.75, 3.05) is 26.4 Å². The molecular formula is C24H30O6. The summed E-state index contributed by atoms with van der Waals surface area (Å²) < 4.78 is 21.7. The average molecular weight is 414 g/mol. The fourth-order valence-corrected chi connectivity index (χ4v) is 3.36. The second kappa shape index (κ2) is 10.7. The van der Waals surface area contributed by atoms with Gasteiger partial charge in [0.1, 0.15) is 11.5 Å². The van der Waals surface area contributed by atoms with Gasteiger partial charge in [-0.05, 0) is 75.9 Å². The molecule has 0 radical (unpaired) electrons. The van der Waals surface area contributed by atoms with E-state index in [-0.39, 0.29) is 13.2 Å². The number of hydrogen-bond acceptors (Lipinski definition) is 6. The Hall–Kier alpha value is -3.02. The van der Waals surface area contributed by atoms with Gasteiger partial charge in [-0.2, -0.15) is 0 Å². The Kier molecular flexibility index (Phi) is 8.27. The first-order chi connectivity index (χ1) is 14.3. The Morgan fingerprint density at radius 2 is 1.03 bits per heavy atom. The van der Waals surface area contributed by atoms with Gasteiger partial charge in [0.2, 0.25) is 0 Å². The Labute approximate surface area is 178 Å². The molecule has 0 aromatic heterocycles. The van der Waals surface area contributed by atoms with Gasteiger partial charge in [-0.25, -0.2) is 9.59 Å². The minimum Gasteiger partial charge on any atom is -0.481 e. The van der Waals surface area contributed by atoms with Crippen molar-refractivity contribution in [1.29, 1.82) is 0 Å². The molecule has 2 aromatic rings. The Morgan fingerprint density at radius 3 is 1.37 bits per heavy atom. The van der Waals surface area contributed by atoms with E-state index in [1.54, 1.807) is 13.8 Å². The number of carbonyl (C=O) groups is 2. The lowest BCUT2D eigenvalue weighted by Gasteiger charge is -2.19. The van der Waals surface area contributed by atoms with Crippen molar-refractivity contribution in [2.45, 2.75) is 41.5 Å². The van der Waals surface area contributed by atoms with Gasteiger partial charge in [0.25, 0.3) is 0 Å². The monoisotopic (exact) mass is 414 g/mol. The zero-order chi connectivity index (χ0) is 22.3. The van der Waals surface area contributed by atoms with E-state index in [9.17, 15) is 9.59 Å². The van der Waals surface area contributed by atoms with Gasteiger partial charge >= 0.3 is 11.9 Å². The fraction of sp³-hybridized carbons (Fsp3) is 0.417. The molecule has 0 aliphatic carbocycles. The number of carbonyl (C=O) groups excluding carboxylic acids is 2. The van der Waals surface area contributed by atoms with Crippen LogP contribution in [0.25, 0.3) is 11.1 Å². The first-order valence-corrected chi connectivity index (χ1v) is 10.1. The third kappa shape index (κ3) is 5.99. The highest BCUT2D eigenvalue weighted by Gasteiger charge is 2.19. The van der Waals surface area contributed by atoms with E-state index < -0.39 is 11.9 Å². The first kappa shape index (κ1) is 23.3. The number of ether oxygens (including phenoxy) is 4. The molecule has 0 atom stereocenters. The van der Waals surface area contributed by atoms with Crippen LogP contribution in [-0.2, 0) is 19.1 Å². The second-order valence-electron chi connectivity index (χ2n) is 7.10. The van der Waals surface area contributed by atoms with E-state index in [4.69, 9.17) is 18.9 Å². The second-order valence-corrected chi connectivity index (χ2v) is 7.10. The van der Waals surface area contributed by atoms with Crippen LogP contribution < -0.4 is 9.47 Å². The van der Waals surface area contributed by atoms with Crippen molar-refractivity contribution in [1.82, 2.24) is 0 Å². The van der Waals surface area contributed by atoms with E-state index in [1.807, 2.05) is 52.0 Å². The molecule has 162 valence electrons. The molecule has 0 heterocycles. The summed E-state index contributed by atoms with van der Waals surface area (Å²) >= 11 is 0. The van der Waals surface area contributed by atoms with Crippen LogP contribution >= 0.6 is 0 Å². The minimum absolute atomic E-state index is 0.186. The highest BCUT2D eigenvalue weighted by atomic mass is 16.6. The predicted molar refractivity (Wildman–Crippen MR) is 115 cm³/mol. The van der Waals surface area contributed by atoms with Gasteiger partial charge in [-0.15, -0.1) is 0 Å². The van der Waals surface area contributed by atoms with E-state index in [2.05, 4.69) is 0 Å². The summed E-state index contributed by atoms with van der Waals surface area (Å²) in [7, 11) is 0. The van der Waals surface area contributed by atoms with E-state index >= 15 is 0 Å². The third-order valence-corrected chi connectivity index (χ3v) is 4.41. The lowest BCUT2D eigenvalue weighted by Crippen LogP contribution is -2.16. The Morgan fingerprint density at radius 1 is 0.667 bits per heavy atom. The third-order valence-electron chi connectivity index (χ3n) is 4.41. The quantitative estimate of drug-likeness (QED) is 0.564. The van der Waals surface area contributed by atoms with Crippen LogP contribution in [0.15, 0.2) is 24.3 Å². The van der Waals surface area contributed by atoms with Crippen molar-refractivity contribution in [3.8, 4) is 22.6 Å². The molecule has 30 heavy (non-hydrogen) atoms.